The molecule has 26 heavy (non-hydrogen) atoms. The molecule has 132 valence electrons. The van der Waals surface area contributed by atoms with Gasteiger partial charge < -0.3 is 4.74 Å². The summed E-state index contributed by atoms with van der Waals surface area (Å²) >= 11 is 0. The first-order chi connectivity index (χ1) is 12.7. The summed E-state index contributed by atoms with van der Waals surface area (Å²) in [6, 6.07) is 17.4. The van der Waals surface area contributed by atoms with Gasteiger partial charge in [-0.15, -0.1) is 0 Å². The van der Waals surface area contributed by atoms with E-state index in [0.29, 0.717) is 11.7 Å². The highest BCUT2D eigenvalue weighted by molar-refractivity contribution is 6.32. The number of amides is 1. The summed E-state index contributed by atoms with van der Waals surface area (Å²) < 4.78 is 6.00. The van der Waals surface area contributed by atoms with Crippen molar-refractivity contribution >= 4 is 23.4 Å². The van der Waals surface area contributed by atoms with Gasteiger partial charge in [0, 0.05) is 0 Å². The zero-order valence-electron chi connectivity index (χ0n) is 14.9. The second kappa shape index (κ2) is 7.16. The van der Waals surface area contributed by atoms with Crippen LogP contribution in [0.5, 0.6) is 5.75 Å². The van der Waals surface area contributed by atoms with E-state index in [9.17, 15) is 4.79 Å². The predicted octanol–water partition coefficient (Wildman–Crippen LogP) is 4.81. The van der Waals surface area contributed by atoms with Crippen LogP contribution in [-0.4, -0.2) is 17.7 Å². The van der Waals surface area contributed by atoms with E-state index >= 15 is 0 Å². The Balaban J connectivity index is 1.51. The quantitative estimate of drug-likeness (QED) is 0.745. The van der Waals surface area contributed by atoms with Crippen molar-refractivity contribution in [1.82, 2.24) is 0 Å². The monoisotopic (exact) mass is 346 g/mol. The number of hydrazone groups is 1. The van der Waals surface area contributed by atoms with Crippen molar-refractivity contribution in [3.05, 3.63) is 65.7 Å². The standard InChI is InChI=1S/C22H22N2O2/c1-16-21(22(25)24(23-16)18-7-3-2-4-8-18)15-17-11-13-20(14-12-17)26-19-9-5-6-10-19/h2-4,7-8,11-15,19H,5-6,9-10H2,1H3. The maximum atomic E-state index is 12.7. The third-order valence-corrected chi connectivity index (χ3v) is 4.86. The summed E-state index contributed by atoms with van der Waals surface area (Å²) in [4.78, 5) is 12.7. The van der Waals surface area contributed by atoms with Crippen LogP contribution in [0.3, 0.4) is 0 Å². The Hall–Kier alpha value is -2.88. The summed E-state index contributed by atoms with van der Waals surface area (Å²) in [5.74, 6) is 0.799. The van der Waals surface area contributed by atoms with E-state index in [1.807, 2.05) is 67.6 Å². The number of hydrogen-bond donors (Lipinski definition) is 0. The van der Waals surface area contributed by atoms with Gasteiger partial charge in [0.05, 0.1) is 23.1 Å². The average Bonchev–Trinajstić information content (AvgIpc) is 3.27. The molecular formula is C22H22N2O2. The van der Waals surface area contributed by atoms with Crippen LogP contribution in [0.25, 0.3) is 6.08 Å². The van der Waals surface area contributed by atoms with Crippen LogP contribution < -0.4 is 9.75 Å². The molecule has 2 aromatic carbocycles. The molecule has 1 saturated carbocycles. The molecule has 2 aliphatic rings. The maximum absolute atomic E-state index is 12.7. The molecule has 1 amide bonds. The molecule has 0 radical (unpaired) electrons. The molecular weight excluding hydrogens is 324 g/mol. The predicted molar refractivity (Wildman–Crippen MR) is 104 cm³/mol. The normalized spacial score (nSPS) is 19.3. The van der Waals surface area contributed by atoms with Crippen LogP contribution >= 0.6 is 0 Å². The van der Waals surface area contributed by atoms with Crippen molar-refractivity contribution in [1.29, 1.82) is 0 Å². The molecule has 1 aliphatic heterocycles. The van der Waals surface area contributed by atoms with E-state index in [-0.39, 0.29) is 5.91 Å². The van der Waals surface area contributed by atoms with Gasteiger partial charge in [0.15, 0.2) is 0 Å². The van der Waals surface area contributed by atoms with Crippen molar-refractivity contribution in [2.24, 2.45) is 5.10 Å². The Bertz CT molecular complexity index is 847. The van der Waals surface area contributed by atoms with Gasteiger partial charge in [-0.1, -0.05) is 30.3 Å². The first kappa shape index (κ1) is 16.6. The molecule has 1 fully saturated rings. The molecule has 0 aromatic heterocycles. The lowest BCUT2D eigenvalue weighted by atomic mass is 10.1. The van der Waals surface area contributed by atoms with Gasteiger partial charge >= 0.3 is 0 Å². The number of hydrogen-bond acceptors (Lipinski definition) is 3. The number of carbonyl (C=O) groups excluding carboxylic acids is 1. The number of ether oxygens (including phenoxy) is 1. The Morgan fingerprint density at radius 1 is 1.04 bits per heavy atom. The topological polar surface area (TPSA) is 41.9 Å². The van der Waals surface area contributed by atoms with E-state index in [1.54, 1.807) is 0 Å². The Labute approximate surface area is 153 Å². The van der Waals surface area contributed by atoms with E-state index in [0.717, 1.165) is 35.6 Å². The molecule has 1 heterocycles. The lowest BCUT2D eigenvalue weighted by molar-refractivity contribution is -0.114. The minimum atomic E-state index is -0.0972. The molecule has 0 saturated heterocycles. The van der Waals surface area contributed by atoms with Crippen molar-refractivity contribution in [3.63, 3.8) is 0 Å². The maximum Gasteiger partial charge on any atom is 0.280 e. The number of benzene rings is 2. The van der Waals surface area contributed by atoms with Gasteiger partial charge in [-0.25, -0.2) is 0 Å². The first-order valence-electron chi connectivity index (χ1n) is 9.14. The second-order valence-electron chi connectivity index (χ2n) is 6.79. The van der Waals surface area contributed by atoms with Crippen molar-refractivity contribution in [2.75, 3.05) is 5.01 Å². The van der Waals surface area contributed by atoms with Crippen LogP contribution in [0, 0.1) is 0 Å². The van der Waals surface area contributed by atoms with Crippen LogP contribution in [0.4, 0.5) is 5.69 Å². The molecule has 1 aliphatic carbocycles. The largest absolute Gasteiger partial charge is 0.490 e. The Morgan fingerprint density at radius 3 is 2.42 bits per heavy atom. The highest BCUT2D eigenvalue weighted by Crippen LogP contribution is 2.27. The fraction of sp³-hybridized carbons (Fsp3) is 0.273. The summed E-state index contributed by atoms with van der Waals surface area (Å²) in [6.07, 6.45) is 7.05. The van der Waals surface area contributed by atoms with E-state index in [2.05, 4.69) is 5.10 Å². The van der Waals surface area contributed by atoms with E-state index in [1.165, 1.54) is 17.9 Å². The van der Waals surface area contributed by atoms with E-state index < -0.39 is 0 Å². The number of para-hydroxylation sites is 1. The van der Waals surface area contributed by atoms with Crippen LogP contribution in [0.1, 0.15) is 38.2 Å². The first-order valence-corrected chi connectivity index (χ1v) is 9.14. The smallest absolute Gasteiger partial charge is 0.280 e. The molecule has 2 aromatic rings. The van der Waals surface area contributed by atoms with Crippen LogP contribution in [-0.2, 0) is 4.79 Å². The average molecular weight is 346 g/mol. The molecule has 4 nitrogen and oxygen atoms in total. The van der Waals surface area contributed by atoms with Crippen LogP contribution in [0.15, 0.2) is 65.3 Å². The lowest BCUT2D eigenvalue weighted by Gasteiger charge is -2.13. The summed E-state index contributed by atoms with van der Waals surface area (Å²) in [7, 11) is 0. The summed E-state index contributed by atoms with van der Waals surface area (Å²) in [6.45, 7) is 1.87. The van der Waals surface area contributed by atoms with Gasteiger partial charge in [-0.2, -0.15) is 10.1 Å². The second-order valence-corrected chi connectivity index (χ2v) is 6.79. The zero-order chi connectivity index (χ0) is 17.9. The molecule has 0 unspecified atom stereocenters. The minimum absolute atomic E-state index is 0.0972. The van der Waals surface area contributed by atoms with Crippen molar-refractivity contribution in [3.8, 4) is 5.75 Å². The molecule has 0 N–H and O–H groups in total. The highest BCUT2D eigenvalue weighted by Gasteiger charge is 2.28. The molecule has 0 bridgehead atoms. The lowest BCUT2D eigenvalue weighted by Crippen LogP contribution is -2.21. The van der Waals surface area contributed by atoms with Gasteiger partial charge in [0.25, 0.3) is 5.91 Å². The number of nitrogens with zero attached hydrogens (tertiary/aromatic N) is 2. The fourth-order valence-electron chi connectivity index (χ4n) is 3.44. The SMILES string of the molecule is CC1=NN(c2ccccc2)C(=O)C1=Cc1ccc(OC2CCCC2)cc1. The number of rotatable bonds is 4. The third kappa shape index (κ3) is 3.40. The Morgan fingerprint density at radius 2 is 1.73 bits per heavy atom. The van der Waals surface area contributed by atoms with Gasteiger partial charge in [0.2, 0.25) is 0 Å². The van der Waals surface area contributed by atoms with Gasteiger partial charge in [0.1, 0.15) is 5.75 Å². The zero-order valence-corrected chi connectivity index (χ0v) is 14.9. The van der Waals surface area contributed by atoms with Gasteiger partial charge in [-0.3, -0.25) is 4.79 Å². The molecule has 4 heteroatoms. The minimum Gasteiger partial charge on any atom is -0.490 e. The molecule has 0 spiro atoms. The highest BCUT2D eigenvalue weighted by atomic mass is 16.5. The van der Waals surface area contributed by atoms with E-state index in [4.69, 9.17) is 4.74 Å². The molecule has 0 atom stereocenters. The molecule has 4 rings (SSSR count). The number of carbonyl (C=O) groups is 1. The third-order valence-electron chi connectivity index (χ3n) is 4.86. The van der Waals surface area contributed by atoms with Crippen LogP contribution in [0.2, 0.25) is 0 Å². The summed E-state index contributed by atoms with van der Waals surface area (Å²) in [5.41, 5.74) is 3.10. The Kier molecular flexibility index (Phi) is 4.57. The van der Waals surface area contributed by atoms with Crippen molar-refractivity contribution in [2.45, 2.75) is 38.7 Å². The van der Waals surface area contributed by atoms with Crippen molar-refractivity contribution < 1.29 is 9.53 Å². The fourth-order valence-corrected chi connectivity index (χ4v) is 3.44. The number of anilines is 1. The summed E-state index contributed by atoms with van der Waals surface area (Å²) in [5, 5.41) is 5.87. The van der Waals surface area contributed by atoms with Gasteiger partial charge in [-0.05, 0) is 68.5 Å².